The number of carbonyl (C=O) groups excluding carboxylic acids is 2. The van der Waals surface area contributed by atoms with E-state index in [0.717, 1.165) is 38.6 Å². The van der Waals surface area contributed by atoms with Crippen LogP contribution in [-0.2, 0) is 9.59 Å². The Hall–Kier alpha value is -0.860. The summed E-state index contributed by atoms with van der Waals surface area (Å²) in [6.07, 6.45) is 4.85. The number of rotatable bonds is 3. The predicted molar refractivity (Wildman–Crippen MR) is 110 cm³/mol. The summed E-state index contributed by atoms with van der Waals surface area (Å²) in [7, 11) is 0. The Labute approximate surface area is 162 Å². The topological polar surface area (TPSA) is 37.4 Å². The van der Waals surface area contributed by atoms with E-state index in [-0.39, 0.29) is 33.6 Å². The third-order valence-corrected chi connectivity index (χ3v) is 7.13. The van der Waals surface area contributed by atoms with Gasteiger partial charge in [0.2, 0.25) is 5.91 Å². The molecule has 152 valence electrons. The summed E-state index contributed by atoms with van der Waals surface area (Å²) in [5.74, 6) is 0.483. The standard InChI is InChI=1S/C23H43NO2/c1-11-22(9)13-19(17(3)25)23(10,12-2)15-21(7,8)24(18(4)26)16-20(5,6)14-22/h19H,11-16H2,1-10H3/t19?,22-,23-/m1/s1. The maximum atomic E-state index is 12.7. The van der Waals surface area contributed by atoms with Crippen LogP contribution in [0.5, 0.6) is 0 Å². The van der Waals surface area contributed by atoms with Crippen molar-refractivity contribution in [2.45, 2.75) is 107 Å². The van der Waals surface area contributed by atoms with Gasteiger partial charge in [-0.3, -0.25) is 9.59 Å². The zero-order chi connectivity index (χ0) is 20.6. The molecule has 3 heteroatoms. The number of amides is 1. The molecule has 1 heterocycles. The SMILES string of the molecule is CC[C@]1(C)CC(C(C)=O)[C@](C)(CC)CC(C)(C)N(C(C)=O)CC(C)(C)C1. The van der Waals surface area contributed by atoms with Gasteiger partial charge in [0, 0.05) is 24.9 Å². The van der Waals surface area contributed by atoms with E-state index >= 15 is 0 Å². The minimum atomic E-state index is -0.262. The lowest BCUT2D eigenvalue weighted by Gasteiger charge is -2.52. The first-order chi connectivity index (χ1) is 11.6. The first kappa shape index (κ1) is 23.2. The highest BCUT2D eigenvalue weighted by Gasteiger charge is 2.48. The highest BCUT2D eigenvalue weighted by molar-refractivity contribution is 5.79. The van der Waals surface area contributed by atoms with Crippen LogP contribution in [0.4, 0.5) is 0 Å². The Morgan fingerprint density at radius 3 is 1.85 bits per heavy atom. The van der Waals surface area contributed by atoms with Gasteiger partial charge in [-0.2, -0.15) is 0 Å². The summed E-state index contributed by atoms with van der Waals surface area (Å²) < 4.78 is 0. The quantitative estimate of drug-likeness (QED) is 0.628. The molecule has 0 aromatic heterocycles. The zero-order valence-corrected chi connectivity index (χ0v) is 19.1. The van der Waals surface area contributed by atoms with Gasteiger partial charge in [0.15, 0.2) is 0 Å². The van der Waals surface area contributed by atoms with Crippen molar-refractivity contribution < 1.29 is 9.59 Å². The van der Waals surface area contributed by atoms with E-state index in [1.54, 1.807) is 13.8 Å². The Bertz CT molecular complexity index is 536. The molecule has 1 unspecified atom stereocenters. The largest absolute Gasteiger partial charge is 0.337 e. The number of hydrogen-bond acceptors (Lipinski definition) is 2. The van der Waals surface area contributed by atoms with E-state index in [9.17, 15) is 9.59 Å². The molecule has 3 atom stereocenters. The molecule has 26 heavy (non-hydrogen) atoms. The second kappa shape index (κ2) is 7.64. The van der Waals surface area contributed by atoms with E-state index in [1.807, 2.05) is 0 Å². The first-order valence-corrected chi connectivity index (χ1v) is 10.4. The van der Waals surface area contributed by atoms with Gasteiger partial charge in [-0.25, -0.2) is 0 Å². The summed E-state index contributed by atoms with van der Waals surface area (Å²) in [6, 6.07) is 0. The van der Waals surface area contributed by atoms with Crippen LogP contribution in [0.15, 0.2) is 0 Å². The van der Waals surface area contributed by atoms with Crippen molar-refractivity contribution in [3.8, 4) is 0 Å². The van der Waals surface area contributed by atoms with Gasteiger partial charge >= 0.3 is 0 Å². The zero-order valence-electron chi connectivity index (χ0n) is 19.1. The Morgan fingerprint density at radius 1 is 0.923 bits per heavy atom. The first-order valence-electron chi connectivity index (χ1n) is 10.4. The number of hydrogen-bond donors (Lipinski definition) is 0. The fraction of sp³-hybridized carbons (Fsp3) is 0.913. The molecule has 0 aromatic carbocycles. The maximum absolute atomic E-state index is 12.7. The van der Waals surface area contributed by atoms with Crippen molar-refractivity contribution in [2.24, 2.45) is 22.2 Å². The number of nitrogens with zero attached hydrogens (tertiary/aromatic N) is 1. The van der Waals surface area contributed by atoms with Crippen LogP contribution in [0.2, 0.25) is 0 Å². The third-order valence-electron chi connectivity index (χ3n) is 7.13. The van der Waals surface area contributed by atoms with E-state index in [4.69, 9.17) is 0 Å². The molecule has 0 aromatic rings. The van der Waals surface area contributed by atoms with Crippen molar-refractivity contribution in [3.05, 3.63) is 0 Å². The number of Topliss-reactive ketones (excluding diaryl/α,β-unsaturated/α-hetero) is 1. The number of carbonyl (C=O) groups is 2. The van der Waals surface area contributed by atoms with Gasteiger partial charge in [-0.15, -0.1) is 0 Å². The summed E-state index contributed by atoms with van der Waals surface area (Å²) in [5, 5.41) is 0. The molecule has 0 radical (unpaired) electrons. The van der Waals surface area contributed by atoms with E-state index in [0.29, 0.717) is 5.78 Å². The minimum Gasteiger partial charge on any atom is -0.337 e. The Morgan fingerprint density at radius 2 is 1.46 bits per heavy atom. The molecule has 0 spiro atoms. The summed E-state index contributed by atoms with van der Waals surface area (Å²) >= 11 is 0. The molecule has 0 N–H and O–H groups in total. The minimum absolute atomic E-state index is 0.0228. The molecule has 1 amide bonds. The molecular weight excluding hydrogens is 322 g/mol. The van der Waals surface area contributed by atoms with Gasteiger partial charge in [0.1, 0.15) is 5.78 Å². The van der Waals surface area contributed by atoms with Crippen molar-refractivity contribution in [3.63, 3.8) is 0 Å². The molecule has 0 aliphatic carbocycles. The fourth-order valence-corrected chi connectivity index (χ4v) is 5.68. The Balaban J connectivity index is 3.56. The van der Waals surface area contributed by atoms with Crippen LogP contribution in [0.3, 0.4) is 0 Å². The lowest BCUT2D eigenvalue weighted by Crippen LogP contribution is -2.55. The van der Waals surface area contributed by atoms with Gasteiger partial charge < -0.3 is 4.90 Å². The van der Waals surface area contributed by atoms with E-state index in [1.165, 1.54) is 0 Å². The van der Waals surface area contributed by atoms with Crippen LogP contribution in [0.25, 0.3) is 0 Å². The highest BCUT2D eigenvalue weighted by Crippen LogP contribution is 2.51. The van der Waals surface area contributed by atoms with E-state index < -0.39 is 0 Å². The fourth-order valence-electron chi connectivity index (χ4n) is 5.68. The smallest absolute Gasteiger partial charge is 0.219 e. The highest BCUT2D eigenvalue weighted by atomic mass is 16.2. The van der Waals surface area contributed by atoms with Gasteiger partial charge in [-0.1, -0.05) is 48.0 Å². The third kappa shape index (κ3) is 5.10. The molecule has 3 nitrogen and oxygen atoms in total. The molecule has 1 aliphatic heterocycles. The molecule has 0 saturated carbocycles. The molecule has 0 bridgehead atoms. The predicted octanol–water partition coefficient (Wildman–Crippen LogP) is 5.86. The van der Waals surface area contributed by atoms with Crippen LogP contribution in [-0.4, -0.2) is 28.7 Å². The van der Waals surface area contributed by atoms with Crippen molar-refractivity contribution in [1.29, 1.82) is 0 Å². The van der Waals surface area contributed by atoms with Gasteiger partial charge in [0.25, 0.3) is 0 Å². The molecule has 1 rings (SSSR count). The molecule has 1 fully saturated rings. The second-order valence-electron chi connectivity index (χ2n) is 11.0. The molecule has 1 aliphatic rings. The maximum Gasteiger partial charge on any atom is 0.219 e. The van der Waals surface area contributed by atoms with Crippen molar-refractivity contribution in [1.82, 2.24) is 4.90 Å². The normalized spacial score (nSPS) is 35.0. The van der Waals surface area contributed by atoms with Crippen molar-refractivity contribution in [2.75, 3.05) is 6.54 Å². The van der Waals surface area contributed by atoms with Crippen LogP contribution >= 0.6 is 0 Å². The van der Waals surface area contributed by atoms with Crippen molar-refractivity contribution >= 4 is 11.7 Å². The van der Waals surface area contributed by atoms with Crippen LogP contribution in [0, 0.1) is 22.2 Å². The molecular formula is C23H43NO2. The average Bonchev–Trinajstić information content (AvgIpc) is 2.48. The van der Waals surface area contributed by atoms with Crippen LogP contribution in [0.1, 0.15) is 101 Å². The van der Waals surface area contributed by atoms with Gasteiger partial charge in [-0.05, 0) is 62.7 Å². The number of ketones is 1. The Kier molecular flexibility index (Phi) is 6.81. The lowest BCUT2D eigenvalue weighted by molar-refractivity contribution is -0.141. The average molecular weight is 366 g/mol. The van der Waals surface area contributed by atoms with E-state index in [2.05, 4.69) is 60.3 Å². The summed E-state index contributed by atoms with van der Waals surface area (Å²) in [5.41, 5.74) is -0.225. The van der Waals surface area contributed by atoms with Crippen LogP contribution < -0.4 is 0 Å². The molecule has 1 saturated heterocycles. The van der Waals surface area contributed by atoms with Gasteiger partial charge in [0.05, 0.1) is 0 Å². The lowest BCUT2D eigenvalue weighted by atomic mass is 9.58. The monoisotopic (exact) mass is 365 g/mol. The summed E-state index contributed by atoms with van der Waals surface area (Å²) in [6.45, 7) is 22.2. The second-order valence-corrected chi connectivity index (χ2v) is 11.0. The summed E-state index contributed by atoms with van der Waals surface area (Å²) in [4.78, 5) is 27.4.